The lowest BCUT2D eigenvalue weighted by molar-refractivity contribution is 0.413. The quantitative estimate of drug-likeness (QED) is 0.747. The maximum Gasteiger partial charge on any atom is 0.137 e. The van der Waals surface area contributed by atoms with Crippen molar-refractivity contribution >= 4 is 5.82 Å². The van der Waals surface area contributed by atoms with Crippen LogP contribution < -0.4 is 15.8 Å². The number of ether oxygens (including phenoxy) is 1. The van der Waals surface area contributed by atoms with Crippen molar-refractivity contribution in [2.24, 2.45) is 5.73 Å². The summed E-state index contributed by atoms with van der Waals surface area (Å²) in [5, 5.41) is 3.19. The molecule has 0 aliphatic carbocycles. The van der Waals surface area contributed by atoms with E-state index in [1.165, 1.54) is 0 Å². The first-order valence-corrected chi connectivity index (χ1v) is 5.25. The Morgan fingerprint density at radius 2 is 2.33 bits per heavy atom. The highest BCUT2D eigenvalue weighted by Crippen LogP contribution is 2.11. The van der Waals surface area contributed by atoms with Crippen molar-refractivity contribution in [1.82, 2.24) is 4.98 Å². The molecular formula is C11H19N3O. The van der Waals surface area contributed by atoms with Crippen LogP contribution in [0.25, 0.3) is 0 Å². The SMILES string of the molecule is CCCC(N)CNc1ccc(OC)cn1. The fourth-order valence-electron chi connectivity index (χ4n) is 1.31. The standard InChI is InChI=1S/C11H19N3O/c1-3-4-9(12)7-13-11-6-5-10(15-2)8-14-11/h5-6,8-9H,3-4,7,12H2,1-2H3,(H,13,14). The van der Waals surface area contributed by atoms with Gasteiger partial charge in [0, 0.05) is 12.6 Å². The zero-order chi connectivity index (χ0) is 11.1. The van der Waals surface area contributed by atoms with Crippen LogP contribution in [0.4, 0.5) is 5.82 Å². The Kier molecular flexibility index (Phi) is 4.90. The number of anilines is 1. The fraction of sp³-hybridized carbons (Fsp3) is 0.545. The summed E-state index contributed by atoms with van der Waals surface area (Å²) in [6, 6.07) is 3.96. The van der Waals surface area contributed by atoms with Crippen LogP contribution in [0.5, 0.6) is 5.75 Å². The Hall–Kier alpha value is -1.29. The second-order valence-electron chi connectivity index (χ2n) is 3.51. The van der Waals surface area contributed by atoms with Crippen LogP contribution in [0.15, 0.2) is 18.3 Å². The lowest BCUT2D eigenvalue weighted by Crippen LogP contribution is -2.28. The number of nitrogens with one attached hydrogen (secondary N) is 1. The van der Waals surface area contributed by atoms with E-state index in [1.54, 1.807) is 13.3 Å². The van der Waals surface area contributed by atoms with Gasteiger partial charge in [0.05, 0.1) is 13.3 Å². The molecule has 1 aromatic rings. The monoisotopic (exact) mass is 209 g/mol. The molecule has 0 saturated carbocycles. The number of hydrogen-bond donors (Lipinski definition) is 2. The molecule has 1 unspecified atom stereocenters. The third-order valence-corrected chi connectivity index (χ3v) is 2.18. The van der Waals surface area contributed by atoms with E-state index in [1.807, 2.05) is 12.1 Å². The van der Waals surface area contributed by atoms with E-state index in [0.29, 0.717) is 0 Å². The lowest BCUT2D eigenvalue weighted by atomic mass is 10.2. The second kappa shape index (κ2) is 6.24. The maximum absolute atomic E-state index is 5.87. The van der Waals surface area contributed by atoms with Gasteiger partial charge in [-0.1, -0.05) is 13.3 Å². The van der Waals surface area contributed by atoms with Gasteiger partial charge in [-0.25, -0.2) is 4.98 Å². The van der Waals surface area contributed by atoms with E-state index in [9.17, 15) is 0 Å². The van der Waals surface area contributed by atoms with Crippen molar-refractivity contribution in [2.45, 2.75) is 25.8 Å². The van der Waals surface area contributed by atoms with Gasteiger partial charge in [0.1, 0.15) is 11.6 Å². The number of hydrogen-bond acceptors (Lipinski definition) is 4. The van der Waals surface area contributed by atoms with Crippen LogP contribution >= 0.6 is 0 Å². The highest BCUT2D eigenvalue weighted by molar-refractivity contribution is 5.37. The second-order valence-corrected chi connectivity index (χ2v) is 3.51. The normalized spacial score (nSPS) is 12.2. The number of methoxy groups -OCH3 is 1. The molecule has 0 aromatic carbocycles. The van der Waals surface area contributed by atoms with Gasteiger partial charge in [-0.3, -0.25) is 0 Å². The molecule has 1 heterocycles. The molecule has 0 aliphatic rings. The minimum atomic E-state index is 0.193. The average molecular weight is 209 g/mol. The molecule has 0 fully saturated rings. The molecular weight excluding hydrogens is 190 g/mol. The molecule has 0 aliphatic heterocycles. The summed E-state index contributed by atoms with van der Waals surface area (Å²) in [5.74, 6) is 1.60. The highest BCUT2D eigenvalue weighted by atomic mass is 16.5. The number of rotatable bonds is 6. The molecule has 84 valence electrons. The van der Waals surface area contributed by atoms with E-state index >= 15 is 0 Å². The van der Waals surface area contributed by atoms with Gasteiger partial charge in [-0.15, -0.1) is 0 Å². The molecule has 0 amide bonds. The molecule has 0 spiro atoms. The van der Waals surface area contributed by atoms with E-state index in [-0.39, 0.29) is 6.04 Å². The molecule has 1 atom stereocenters. The number of nitrogens with two attached hydrogens (primary N) is 1. The van der Waals surface area contributed by atoms with Gasteiger partial charge >= 0.3 is 0 Å². The summed E-state index contributed by atoms with van der Waals surface area (Å²) in [5.41, 5.74) is 5.87. The van der Waals surface area contributed by atoms with Crippen LogP contribution in [-0.4, -0.2) is 24.7 Å². The summed E-state index contributed by atoms with van der Waals surface area (Å²) in [4.78, 5) is 4.19. The van der Waals surface area contributed by atoms with Crippen molar-refractivity contribution in [2.75, 3.05) is 19.0 Å². The molecule has 0 radical (unpaired) electrons. The molecule has 15 heavy (non-hydrogen) atoms. The minimum absolute atomic E-state index is 0.193. The molecule has 0 saturated heterocycles. The van der Waals surface area contributed by atoms with E-state index < -0.39 is 0 Å². The summed E-state index contributed by atoms with van der Waals surface area (Å²) >= 11 is 0. The predicted octanol–water partition coefficient (Wildman–Crippen LogP) is 1.63. The maximum atomic E-state index is 5.87. The predicted molar refractivity (Wildman–Crippen MR) is 62.2 cm³/mol. The Morgan fingerprint density at radius 3 is 2.87 bits per heavy atom. The van der Waals surface area contributed by atoms with Crippen LogP contribution in [0.3, 0.4) is 0 Å². The van der Waals surface area contributed by atoms with E-state index in [4.69, 9.17) is 10.5 Å². The van der Waals surface area contributed by atoms with Gasteiger partial charge in [0.15, 0.2) is 0 Å². The van der Waals surface area contributed by atoms with Crippen LogP contribution in [0.1, 0.15) is 19.8 Å². The van der Waals surface area contributed by atoms with Crippen molar-refractivity contribution in [1.29, 1.82) is 0 Å². The van der Waals surface area contributed by atoms with Gasteiger partial charge in [0.25, 0.3) is 0 Å². The topological polar surface area (TPSA) is 60.2 Å². The van der Waals surface area contributed by atoms with Gasteiger partial charge in [0.2, 0.25) is 0 Å². The molecule has 1 rings (SSSR count). The van der Waals surface area contributed by atoms with Gasteiger partial charge in [-0.2, -0.15) is 0 Å². The third-order valence-electron chi connectivity index (χ3n) is 2.18. The summed E-state index contributed by atoms with van der Waals surface area (Å²) < 4.78 is 5.02. The Balaban J connectivity index is 2.37. The first-order chi connectivity index (χ1) is 7.26. The van der Waals surface area contributed by atoms with Crippen molar-refractivity contribution in [3.8, 4) is 5.75 Å². The average Bonchev–Trinajstić information content (AvgIpc) is 2.27. The Morgan fingerprint density at radius 1 is 1.53 bits per heavy atom. The first-order valence-electron chi connectivity index (χ1n) is 5.25. The zero-order valence-electron chi connectivity index (χ0n) is 9.36. The van der Waals surface area contributed by atoms with Crippen molar-refractivity contribution < 1.29 is 4.74 Å². The summed E-state index contributed by atoms with van der Waals surface area (Å²) in [6.45, 7) is 2.89. The van der Waals surface area contributed by atoms with Gasteiger partial charge < -0.3 is 15.8 Å². The Bertz CT molecular complexity index is 274. The van der Waals surface area contributed by atoms with E-state index in [0.717, 1.165) is 31.0 Å². The Labute approximate surface area is 90.8 Å². The lowest BCUT2D eigenvalue weighted by Gasteiger charge is -2.11. The van der Waals surface area contributed by atoms with Crippen LogP contribution in [0, 0.1) is 0 Å². The van der Waals surface area contributed by atoms with Crippen LogP contribution in [-0.2, 0) is 0 Å². The van der Waals surface area contributed by atoms with Crippen molar-refractivity contribution in [3.63, 3.8) is 0 Å². The molecule has 3 N–H and O–H groups in total. The first kappa shape index (κ1) is 11.8. The zero-order valence-corrected chi connectivity index (χ0v) is 9.36. The molecule has 0 bridgehead atoms. The third kappa shape index (κ3) is 4.16. The summed E-state index contributed by atoms with van der Waals surface area (Å²) in [6.07, 6.45) is 3.83. The van der Waals surface area contributed by atoms with E-state index in [2.05, 4.69) is 17.2 Å². The molecule has 4 heteroatoms. The number of aromatic nitrogens is 1. The molecule has 1 aromatic heterocycles. The molecule has 4 nitrogen and oxygen atoms in total. The minimum Gasteiger partial charge on any atom is -0.495 e. The van der Waals surface area contributed by atoms with Crippen LogP contribution in [0.2, 0.25) is 0 Å². The summed E-state index contributed by atoms with van der Waals surface area (Å²) in [7, 11) is 1.63. The number of pyridine rings is 1. The highest BCUT2D eigenvalue weighted by Gasteiger charge is 2.01. The van der Waals surface area contributed by atoms with Crippen molar-refractivity contribution in [3.05, 3.63) is 18.3 Å². The fourth-order valence-corrected chi connectivity index (χ4v) is 1.31. The largest absolute Gasteiger partial charge is 0.495 e. The number of nitrogens with zero attached hydrogens (tertiary/aromatic N) is 1. The smallest absolute Gasteiger partial charge is 0.137 e. The van der Waals surface area contributed by atoms with Gasteiger partial charge in [-0.05, 0) is 18.6 Å².